The largest absolute Gasteiger partial charge is 0.434 e. The van der Waals surface area contributed by atoms with Gasteiger partial charge >= 0.3 is 6.18 Å². The van der Waals surface area contributed by atoms with E-state index in [-0.39, 0.29) is 0 Å². The van der Waals surface area contributed by atoms with Gasteiger partial charge in [0, 0.05) is 18.5 Å². The van der Waals surface area contributed by atoms with Crippen molar-refractivity contribution < 1.29 is 13.2 Å². The van der Waals surface area contributed by atoms with Crippen molar-refractivity contribution in [3.05, 3.63) is 11.1 Å². The molecule has 2 rings (SSSR count). The second kappa shape index (κ2) is 3.42. The molecule has 0 aromatic carbocycles. The molecule has 0 amide bonds. The Kier molecular flexibility index (Phi) is 2.38. The van der Waals surface area contributed by atoms with Crippen molar-refractivity contribution in [2.75, 3.05) is 18.0 Å². The Balaban J connectivity index is 2.17. The number of nitrogens with zero attached hydrogens (tertiary/aromatic N) is 2. The predicted molar refractivity (Wildman–Crippen MR) is 48.6 cm³/mol. The first-order valence-corrected chi connectivity index (χ1v) is 5.23. The summed E-state index contributed by atoms with van der Waals surface area (Å²) in [5.74, 6) is 0. The van der Waals surface area contributed by atoms with E-state index in [9.17, 15) is 13.2 Å². The molecule has 1 saturated heterocycles. The van der Waals surface area contributed by atoms with Crippen molar-refractivity contribution in [3.8, 4) is 0 Å². The van der Waals surface area contributed by atoms with Crippen LogP contribution in [-0.4, -0.2) is 18.1 Å². The smallest absolute Gasteiger partial charge is 0.348 e. The summed E-state index contributed by atoms with van der Waals surface area (Å²) < 4.78 is 36.6. The summed E-state index contributed by atoms with van der Waals surface area (Å²) in [5.41, 5.74) is -0.774. The third-order valence-corrected chi connectivity index (χ3v) is 3.06. The molecule has 14 heavy (non-hydrogen) atoms. The molecule has 2 heterocycles. The molecular weight excluding hydrogens is 213 g/mol. The van der Waals surface area contributed by atoms with E-state index in [2.05, 4.69) is 4.98 Å². The van der Waals surface area contributed by atoms with E-state index in [1.165, 1.54) is 0 Å². The molecule has 1 aliphatic rings. The first kappa shape index (κ1) is 9.76. The summed E-state index contributed by atoms with van der Waals surface area (Å²) in [6, 6.07) is 0. The van der Waals surface area contributed by atoms with E-state index in [1.54, 1.807) is 0 Å². The third kappa shape index (κ3) is 1.84. The van der Waals surface area contributed by atoms with Gasteiger partial charge in [-0.3, -0.25) is 0 Å². The zero-order valence-corrected chi connectivity index (χ0v) is 8.16. The molecule has 0 unspecified atom stereocenters. The average Bonchev–Trinajstić information content (AvgIpc) is 2.73. The van der Waals surface area contributed by atoms with Gasteiger partial charge < -0.3 is 4.90 Å². The van der Waals surface area contributed by atoms with Gasteiger partial charge in [-0.25, -0.2) is 4.98 Å². The fourth-order valence-corrected chi connectivity index (χ4v) is 2.33. The number of hydrogen-bond donors (Lipinski definition) is 0. The van der Waals surface area contributed by atoms with E-state index >= 15 is 0 Å². The highest BCUT2D eigenvalue weighted by Gasteiger charge is 2.34. The number of anilines is 1. The highest BCUT2D eigenvalue weighted by molar-refractivity contribution is 7.13. The van der Waals surface area contributed by atoms with Crippen LogP contribution in [0.15, 0.2) is 5.38 Å². The number of hydrogen-bond acceptors (Lipinski definition) is 3. The number of halogens is 3. The van der Waals surface area contributed by atoms with Crippen LogP contribution in [0.1, 0.15) is 18.5 Å². The van der Waals surface area contributed by atoms with Gasteiger partial charge in [0.2, 0.25) is 0 Å². The Morgan fingerprint density at radius 2 is 1.93 bits per heavy atom. The van der Waals surface area contributed by atoms with Gasteiger partial charge in [0.15, 0.2) is 10.8 Å². The highest BCUT2D eigenvalue weighted by Crippen LogP contribution is 2.33. The van der Waals surface area contributed by atoms with Crippen LogP contribution < -0.4 is 4.90 Å². The fourth-order valence-electron chi connectivity index (χ4n) is 1.45. The van der Waals surface area contributed by atoms with Crippen LogP contribution in [-0.2, 0) is 6.18 Å². The number of thiazole rings is 1. The van der Waals surface area contributed by atoms with E-state index in [0.717, 1.165) is 42.6 Å². The molecule has 2 nitrogen and oxygen atoms in total. The monoisotopic (exact) mass is 222 g/mol. The molecule has 1 aliphatic heterocycles. The molecule has 78 valence electrons. The van der Waals surface area contributed by atoms with Crippen LogP contribution in [0.5, 0.6) is 0 Å². The summed E-state index contributed by atoms with van der Waals surface area (Å²) >= 11 is 1.07. The van der Waals surface area contributed by atoms with Crippen LogP contribution in [0.4, 0.5) is 18.3 Å². The minimum absolute atomic E-state index is 0.495. The second-order valence-electron chi connectivity index (χ2n) is 3.21. The minimum Gasteiger partial charge on any atom is -0.348 e. The molecule has 0 saturated carbocycles. The molecule has 0 radical (unpaired) electrons. The van der Waals surface area contributed by atoms with Gasteiger partial charge in [0.1, 0.15) is 0 Å². The maximum Gasteiger partial charge on any atom is 0.434 e. The van der Waals surface area contributed by atoms with Crippen LogP contribution >= 0.6 is 11.3 Å². The molecule has 1 fully saturated rings. The molecule has 0 aliphatic carbocycles. The zero-order valence-electron chi connectivity index (χ0n) is 7.34. The van der Waals surface area contributed by atoms with Gasteiger partial charge in [-0.1, -0.05) is 0 Å². The van der Waals surface area contributed by atoms with Crippen molar-refractivity contribution >= 4 is 16.5 Å². The van der Waals surface area contributed by atoms with Crippen LogP contribution in [0.2, 0.25) is 0 Å². The van der Waals surface area contributed by atoms with Crippen molar-refractivity contribution in [2.45, 2.75) is 19.0 Å². The first-order valence-electron chi connectivity index (χ1n) is 4.35. The summed E-state index contributed by atoms with van der Waals surface area (Å²) in [4.78, 5) is 5.49. The second-order valence-corrected chi connectivity index (χ2v) is 4.04. The lowest BCUT2D eigenvalue weighted by Gasteiger charge is -2.12. The van der Waals surface area contributed by atoms with Gasteiger partial charge in [-0.15, -0.1) is 11.3 Å². The molecular formula is C8H9F3N2S. The molecule has 6 heteroatoms. The topological polar surface area (TPSA) is 16.1 Å². The minimum atomic E-state index is -4.31. The lowest BCUT2D eigenvalue weighted by atomic mass is 10.4. The normalized spacial score (nSPS) is 17.8. The van der Waals surface area contributed by atoms with E-state index in [0.29, 0.717) is 5.13 Å². The lowest BCUT2D eigenvalue weighted by molar-refractivity contribution is -0.140. The number of alkyl halides is 3. The molecule has 1 aromatic heterocycles. The van der Waals surface area contributed by atoms with Gasteiger partial charge in [0.05, 0.1) is 0 Å². The summed E-state index contributed by atoms with van der Waals surface area (Å²) in [6.45, 7) is 1.65. The Hall–Kier alpha value is -0.780. The Labute approximate surface area is 83.4 Å². The molecule has 0 bridgehead atoms. The van der Waals surface area contributed by atoms with Crippen LogP contribution in [0.25, 0.3) is 0 Å². The molecule has 0 N–H and O–H groups in total. The number of aromatic nitrogens is 1. The Bertz CT molecular complexity index is 315. The summed E-state index contributed by atoms with van der Waals surface area (Å²) in [5, 5.41) is 1.57. The Morgan fingerprint density at radius 3 is 2.43 bits per heavy atom. The highest BCUT2D eigenvalue weighted by atomic mass is 32.1. The van der Waals surface area contributed by atoms with Gasteiger partial charge in [0.25, 0.3) is 0 Å². The zero-order chi connectivity index (χ0) is 10.2. The summed E-state index contributed by atoms with van der Waals surface area (Å²) in [7, 11) is 0. The van der Waals surface area contributed by atoms with Crippen molar-refractivity contribution in [3.63, 3.8) is 0 Å². The van der Waals surface area contributed by atoms with Gasteiger partial charge in [-0.2, -0.15) is 13.2 Å². The first-order chi connectivity index (χ1) is 6.57. The quantitative estimate of drug-likeness (QED) is 0.726. The standard InChI is InChI=1S/C8H9F3N2S/c9-8(10,11)6-5-14-7(12-6)13-3-1-2-4-13/h5H,1-4H2. The van der Waals surface area contributed by atoms with E-state index in [1.807, 2.05) is 4.90 Å². The van der Waals surface area contributed by atoms with Crippen molar-refractivity contribution in [1.82, 2.24) is 4.98 Å². The van der Waals surface area contributed by atoms with Crippen molar-refractivity contribution in [1.29, 1.82) is 0 Å². The molecule has 0 spiro atoms. The average molecular weight is 222 g/mol. The Morgan fingerprint density at radius 1 is 1.29 bits per heavy atom. The van der Waals surface area contributed by atoms with E-state index in [4.69, 9.17) is 0 Å². The number of rotatable bonds is 1. The lowest BCUT2D eigenvalue weighted by Crippen LogP contribution is -2.17. The third-order valence-electron chi connectivity index (χ3n) is 2.16. The molecule has 0 atom stereocenters. The van der Waals surface area contributed by atoms with Crippen LogP contribution in [0, 0.1) is 0 Å². The maximum atomic E-state index is 12.2. The van der Waals surface area contributed by atoms with Crippen molar-refractivity contribution in [2.24, 2.45) is 0 Å². The predicted octanol–water partition coefficient (Wildman–Crippen LogP) is 2.76. The summed E-state index contributed by atoms with van der Waals surface area (Å²) in [6.07, 6.45) is -2.23. The molecule has 1 aromatic rings. The SMILES string of the molecule is FC(F)(F)c1csc(N2CCCC2)n1. The van der Waals surface area contributed by atoms with Crippen LogP contribution in [0.3, 0.4) is 0 Å². The maximum absolute atomic E-state index is 12.2. The fraction of sp³-hybridized carbons (Fsp3) is 0.625. The van der Waals surface area contributed by atoms with E-state index < -0.39 is 11.9 Å². The van der Waals surface area contributed by atoms with Gasteiger partial charge in [-0.05, 0) is 12.8 Å².